The molecule has 0 saturated carbocycles. The summed E-state index contributed by atoms with van der Waals surface area (Å²) in [6.45, 7) is 10.7. The highest BCUT2D eigenvalue weighted by Gasteiger charge is 2.23. The molecule has 0 N–H and O–H groups in total. The maximum atomic E-state index is 10.8. The number of aldehydes is 1. The van der Waals surface area contributed by atoms with E-state index in [1.54, 1.807) is 19.5 Å². The van der Waals surface area contributed by atoms with Gasteiger partial charge >= 0.3 is 0 Å². The number of fused-ring (bicyclic) bond motifs is 1. The summed E-state index contributed by atoms with van der Waals surface area (Å²) in [6.07, 6.45) is 10.8. The van der Waals surface area contributed by atoms with Crippen LogP contribution in [-0.2, 0) is 13.0 Å². The Bertz CT molecular complexity index is 1070. The van der Waals surface area contributed by atoms with Gasteiger partial charge in [-0.2, -0.15) is 0 Å². The Morgan fingerprint density at radius 3 is 2.59 bits per heavy atom. The number of hydrogen-bond donors (Lipinski definition) is 0. The molecule has 1 aliphatic heterocycles. The summed E-state index contributed by atoms with van der Waals surface area (Å²) < 4.78 is 7.84. The number of methoxy groups -OCH3 is 1. The number of carbonyl (C=O) groups excluding carboxylic acids is 1. The van der Waals surface area contributed by atoms with E-state index in [0.29, 0.717) is 11.5 Å². The highest BCUT2D eigenvalue weighted by Crippen LogP contribution is 2.27. The van der Waals surface area contributed by atoms with Crippen molar-refractivity contribution in [1.29, 1.82) is 0 Å². The fourth-order valence-corrected chi connectivity index (χ4v) is 4.99. The predicted molar refractivity (Wildman–Crippen MR) is 137 cm³/mol. The number of anilines is 1. The number of benzene rings is 1. The first kappa shape index (κ1) is 24.2. The van der Waals surface area contributed by atoms with Gasteiger partial charge in [-0.05, 0) is 55.8 Å². The van der Waals surface area contributed by atoms with Crippen LogP contribution in [0.5, 0.6) is 5.75 Å². The molecule has 7 nitrogen and oxygen atoms in total. The van der Waals surface area contributed by atoms with Gasteiger partial charge in [0, 0.05) is 62.8 Å². The van der Waals surface area contributed by atoms with E-state index in [1.807, 2.05) is 0 Å². The summed E-state index contributed by atoms with van der Waals surface area (Å²) in [7, 11) is 1.73. The smallest absolute Gasteiger partial charge is 0.225 e. The Balaban J connectivity index is 1.33. The summed E-state index contributed by atoms with van der Waals surface area (Å²) in [5.41, 5.74) is 3.22. The van der Waals surface area contributed by atoms with E-state index in [1.165, 1.54) is 16.5 Å². The molecule has 34 heavy (non-hydrogen) atoms. The van der Waals surface area contributed by atoms with Crippen LogP contribution in [-0.4, -0.2) is 65.6 Å². The minimum atomic E-state index is 0.522. The van der Waals surface area contributed by atoms with Crippen molar-refractivity contribution in [3.05, 3.63) is 47.9 Å². The Morgan fingerprint density at radius 2 is 1.94 bits per heavy atom. The third kappa shape index (κ3) is 5.58. The maximum absolute atomic E-state index is 10.8. The molecule has 4 rings (SSSR count). The Morgan fingerprint density at radius 1 is 1.18 bits per heavy atom. The fraction of sp³-hybridized carbons (Fsp3) is 0.519. The summed E-state index contributed by atoms with van der Waals surface area (Å²) in [6, 6.07) is 6.45. The van der Waals surface area contributed by atoms with Crippen LogP contribution in [0.1, 0.15) is 49.0 Å². The van der Waals surface area contributed by atoms with Crippen molar-refractivity contribution in [1.82, 2.24) is 19.4 Å². The number of nitrogens with zero attached hydrogens (tertiary/aromatic N) is 5. The highest BCUT2D eigenvalue weighted by molar-refractivity contribution is 5.85. The summed E-state index contributed by atoms with van der Waals surface area (Å²) in [4.78, 5) is 24.4. The van der Waals surface area contributed by atoms with E-state index in [2.05, 4.69) is 62.6 Å². The van der Waals surface area contributed by atoms with E-state index in [0.717, 1.165) is 82.9 Å². The van der Waals surface area contributed by atoms with Gasteiger partial charge in [0.25, 0.3) is 0 Å². The van der Waals surface area contributed by atoms with Crippen molar-refractivity contribution in [3.63, 3.8) is 0 Å². The fourth-order valence-electron chi connectivity index (χ4n) is 4.99. The minimum absolute atomic E-state index is 0.522. The first-order chi connectivity index (χ1) is 16.6. The van der Waals surface area contributed by atoms with Gasteiger partial charge in [-0.3, -0.25) is 4.79 Å². The lowest BCUT2D eigenvalue weighted by atomic mass is 9.96. The van der Waals surface area contributed by atoms with Crippen LogP contribution in [0.4, 0.5) is 5.95 Å². The summed E-state index contributed by atoms with van der Waals surface area (Å²) >= 11 is 0. The molecule has 0 bridgehead atoms. The van der Waals surface area contributed by atoms with Crippen LogP contribution in [0.2, 0.25) is 0 Å². The highest BCUT2D eigenvalue weighted by atomic mass is 16.5. The molecule has 1 aromatic carbocycles. The second kappa shape index (κ2) is 11.5. The second-order valence-electron chi connectivity index (χ2n) is 9.24. The molecule has 7 heteroatoms. The van der Waals surface area contributed by atoms with Crippen LogP contribution in [0.15, 0.2) is 36.8 Å². The van der Waals surface area contributed by atoms with Gasteiger partial charge in [-0.1, -0.05) is 13.8 Å². The zero-order valence-electron chi connectivity index (χ0n) is 20.7. The third-order valence-electron chi connectivity index (χ3n) is 6.99. The van der Waals surface area contributed by atoms with Gasteiger partial charge in [0.15, 0.2) is 6.29 Å². The zero-order chi connectivity index (χ0) is 23.9. The number of carbonyl (C=O) groups is 1. The Labute approximate surface area is 202 Å². The first-order valence-corrected chi connectivity index (χ1v) is 12.5. The molecule has 2 aromatic heterocycles. The molecule has 1 fully saturated rings. The number of rotatable bonds is 11. The molecule has 3 heterocycles. The van der Waals surface area contributed by atoms with Crippen LogP contribution >= 0.6 is 0 Å². The van der Waals surface area contributed by atoms with Crippen molar-refractivity contribution in [3.8, 4) is 5.75 Å². The van der Waals surface area contributed by atoms with Gasteiger partial charge in [-0.25, -0.2) is 9.97 Å². The average Bonchev–Trinajstić information content (AvgIpc) is 3.23. The zero-order valence-corrected chi connectivity index (χ0v) is 20.7. The standard InChI is InChI=1S/C27H37N5O2/c1-4-11-32-19-23(25-7-6-24(34-3)15-26(25)32)10-12-30(5-2)18-21-8-13-31(14-9-21)27-28-16-22(20-33)17-29-27/h6-7,15-17,19-21H,4-5,8-14,18H2,1-3H3. The quantitative estimate of drug-likeness (QED) is 0.392. The number of ether oxygens (including phenoxy) is 1. The molecule has 0 unspecified atom stereocenters. The largest absolute Gasteiger partial charge is 0.497 e. The third-order valence-corrected chi connectivity index (χ3v) is 6.99. The van der Waals surface area contributed by atoms with Gasteiger partial charge in [-0.15, -0.1) is 0 Å². The molecule has 0 radical (unpaired) electrons. The maximum Gasteiger partial charge on any atom is 0.225 e. The van der Waals surface area contributed by atoms with Crippen LogP contribution < -0.4 is 9.64 Å². The predicted octanol–water partition coefficient (Wildman–Crippen LogP) is 4.44. The van der Waals surface area contributed by atoms with Crippen molar-refractivity contribution in [2.75, 3.05) is 44.7 Å². The first-order valence-electron chi connectivity index (χ1n) is 12.5. The van der Waals surface area contributed by atoms with Gasteiger partial charge in [0.2, 0.25) is 5.95 Å². The lowest BCUT2D eigenvalue weighted by Crippen LogP contribution is -2.40. The lowest BCUT2D eigenvalue weighted by molar-refractivity contribution is 0.112. The van der Waals surface area contributed by atoms with Gasteiger partial charge < -0.3 is 19.1 Å². The van der Waals surface area contributed by atoms with Crippen molar-refractivity contribution in [2.45, 2.75) is 46.1 Å². The monoisotopic (exact) mass is 463 g/mol. The number of aromatic nitrogens is 3. The van der Waals surface area contributed by atoms with Crippen LogP contribution in [0.3, 0.4) is 0 Å². The van der Waals surface area contributed by atoms with E-state index in [9.17, 15) is 4.79 Å². The molecule has 3 aromatic rings. The van der Waals surface area contributed by atoms with E-state index in [-0.39, 0.29) is 0 Å². The minimum Gasteiger partial charge on any atom is -0.497 e. The Kier molecular flexibility index (Phi) is 8.16. The molecule has 0 spiro atoms. The second-order valence-corrected chi connectivity index (χ2v) is 9.24. The normalized spacial score (nSPS) is 14.8. The molecule has 182 valence electrons. The molecule has 0 aliphatic carbocycles. The van der Waals surface area contributed by atoms with E-state index >= 15 is 0 Å². The number of piperidine rings is 1. The van der Waals surface area contributed by atoms with E-state index in [4.69, 9.17) is 4.74 Å². The molecular weight excluding hydrogens is 426 g/mol. The van der Waals surface area contributed by atoms with Gasteiger partial charge in [0.1, 0.15) is 5.75 Å². The van der Waals surface area contributed by atoms with Crippen molar-refractivity contribution >= 4 is 23.1 Å². The summed E-state index contributed by atoms with van der Waals surface area (Å²) in [5.74, 6) is 2.34. The average molecular weight is 464 g/mol. The molecule has 0 amide bonds. The Hall–Kier alpha value is -2.93. The lowest BCUT2D eigenvalue weighted by Gasteiger charge is -2.34. The number of aryl methyl sites for hydroxylation is 1. The van der Waals surface area contributed by atoms with Crippen molar-refractivity contribution < 1.29 is 9.53 Å². The SMILES string of the molecule is CCCn1cc(CCN(CC)CC2CCN(c3ncc(C=O)cn3)CC2)c2ccc(OC)cc21. The van der Waals surface area contributed by atoms with Gasteiger partial charge in [0.05, 0.1) is 18.2 Å². The van der Waals surface area contributed by atoms with E-state index < -0.39 is 0 Å². The van der Waals surface area contributed by atoms with Crippen LogP contribution in [0, 0.1) is 5.92 Å². The molecular formula is C27H37N5O2. The molecule has 1 aliphatic rings. The topological polar surface area (TPSA) is 63.5 Å². The summed E-state index contributed by atoms with van der Waals surface area (Å²) in [5, 5.41) is 1.35. The van der Waals surface area contributed by atoms with Crippen molar-refractivity contribution in [2.24, 2.45) is 5.92 Å². The molecule has 0 atom stereocenters. The van der Waals surface area contributed by atoms with Crippen LogP contribution in [0.25, 0.3) is 10.9 Å². The number of likely N-dealkylation sites (N-methyl/N-ethyl adjacent to an activating group) is 1. The number of hydrogen-bond acceptors (Lipinski definition) is 6. The molecule has 1 saturated heterocycles.